The van der Waals surface area contributed by atoms with Gasteiger partial charge >= 0.3 is 12.2 Å². The number of rotatable bonds is 2. The zero-order valence-corrected chi connectivity index (χ0v) is 17.9. The minimum atomic E-state index is -0.828. The van der Waals surface area contributed by atoms with Crippen molar-refractivity contribution in [3.05, 3.63) is 17.8 Å². The maximum atomic E-state index is 12.8. The van der Waals surface area contributed by atoms with Gasteiger partial charge in [0.1, 0.15) is 11.2 Å². The van der Waals surface area contributed by atoms with Crippen molar-refractivity contribution in [3.8, 4) is 0 Å². The van der Waals surface area contributed by atoms with Crippen LogP contribution in [0.1, 0.15) is 47.1 Å². The first-order chi connectivity index (χ1) is 12.9. The van der Waals surface area contributed by atoms with E-state index in [-0.39, 0.29) is 5.82 Å². The second kappa shape index (κ2) is 8.34. The maximum absolute atomic E-state index is 12.8. The average Bonchev–Trinajstić information content (AvgIpc) is 2.54. The molecular weight excluding hydrogens is 362 g/mol. The van der Waals surface area contributed by atoms with Crippen molar-refractivity contribution >= 4 is 23.7 Å². The van der Waals surface area contributed by atoms with Crippen LogP contribution < -0.4 is 9.80 Å². The lowest BCUT2D eigenvalue weighted by Crippen LogP contribution is -2.44. The van der Waals surface area contributed by atoms with Crippen LogP contribution in [0.4, 0.5) is 21.1 Å². The van der Waals surface area contributed by atoms with Crippen LogP contribution in [0.25, 0.3) is 0 Å². The number of carbonyl (C=O) groups excluding carboxylic acids is 2. The van der Waals surface area contributed by atoms with Gasteiger partial charge in [0, 0.05) is 31.0 Å². The number of aryl methyl sites for hydroxylation is 1. The first-order valence-corrected chi connectivity index (χ1v) is 9.43. The van der Waals surface area contributed by atoms with E-state index in [4.69, 9.17) is 14.2 Å². The number of aromatic nitrogens is 1. The Bertz CT molecular complexity index is 688. The van der Waals surface area contributed by atoms with Crippen LogP contribution in [-0.4, -0.2) is 54.7 Å². The Morgan fingerprint density at radius 2 is 1.54 bits per heavy atom. The molecule has 0 spiro atoms. The van der Waals surface area contributed by atoms with Gasteiger partial charge in [-0.25, -0.2) is 14.6 Å². The number of nitrogens with zero attached hydrogens (tertiary/aromatic N) is 3. The van der Waals surface area contributed by atoms with Gasteiger partial charge in [-0.3, -0.25) is 0 Å². The number of amides is 2. The SMILES string of the molecule is Cc1cnc(N(C(=O)OC(C)(C)C)C(=O)OC(C)(C)C)cc1N1CCOCC1. The summed E-state index contributed by atoms with van der Waals surface area (Å²) >= 11 is 0. The Morgan fingerprint density at radius 1 is 1.04 bits per heavy atom. The van der Waals surface area contributed by atoms with E-state index in [1.165, 1.54) is 0 Å². The van der Waals surface area contributed by atoms with Gasteiger partial charge in [0.2, 0.25) is 0 Å². The van der Waals surface area contributed by atoms with Gasteiger partial charge in [-0.1, -0.05) is 0 Å². The minimum absolute atomic E-state index is 0.163. The van der Waals surface area contributed by atoms with Crippen molar-refractivity contribution in [2.75, 3.05) is 36.1 Å². The van der Waals surface area contributed by atoms with Gasteiger partial charge in [0.15, 0.2) is 5.82 Å². The first kappa shape index (κ1) is 21.9. The van der Waals surface area contributed by atoms with Crippen molar-refractivity contribution in [1.82, 2.24) is 4.98 Å². The number of carbonyl (C=O) groups is 2. The van der Waals surface area contributed by atoms with Crippen LogP contribution in [0.3, 0.4) is 0 Å². The molecule has 1 aliphatic rings. The van der Waals surface area contributed by atoms with E-state index in [0.717, 1.165) is 29.2 Å². The molecule has 8 nitrogen and oxygen atoms in total. The molecule has 0 radical (unpaired) electrons. The van der Waals surface area contributed by atoms with E-state index in [0.29, 0.717) is 13.2 Å². The number of anilines is 2. The van der Waals surface area contributed by atoms with Crippen molar-refractivity contribution in [2.45, 2.75) is 59.7 Å². The molecule has 1 saturated heterocycles. The van der Waals surface area contributed by atoms with E-state index in [9.17, 15) is 9.59 Å². The molecule has 0 unspecified atom stereocenters. The Morgan fingerprint density at radius 3 is 2.00 bits per heavy atom. The molecule has 0 N–H and O–H groups in total. The molecule has 1 aromatic heterocycles. The highest BCUT2D eigenvalue weighted by Gasteiger charge is 2.34. The lowest BCUT2D eigenvalue weighted by molar-refractivity contribution is 0.0429. The van der Waals surface area contributed by atoms with Crippen molar-refractivity contribution < 1.29 is 23.8 Å². The van der Waals surface area contributed by atoms with Gasteiger partial charge in [-0.15, -0.1) is 0 Å². The smallest absolute Gasteiger partial charge is 0.425 e. The van der Waals surface area contributed by atoms with E-state index >= 15 is 0 Å². The van der Waals surface area contributed by atoms with E-state index in [1.807, 2.05) is 6.92 Å². The van der Waals surface area contributed by atoms with E-state index < -0.39 is 23.4 Å². The van der Waals surface area contributed by atoms with Gasteiger partial charge in [-0.2, -0.15) is 4.90 Å². The highest BCUT2D eigenvalue weighted by atomic mass is 16.6. The van der Waals surface area contributed by atoms with Crippen molar-refractivity contribution in [3.63, 3.8) is 0 Å². The Balaban J connectivity index is 2.41. The lowest BCUT2D eigenvalue weighted by atomic mass is 10.2. The second-order valence-corrected chi connectivity index (χ2v) is 8.72. The molecule has 0 atom stereocenters. The average molecular weight is 393 g/mol. The fourth-order valence-corrected chi connectivity index (χ4v) is 2.65. The molecule has 2 heterocycles. The van der Waals surface area contributed by atoms with E-state index in [2.05, 4.69) is 9.88 Å². The summed E-state index contributed by atoms with van der Waals surface area (Å²) in [6.07, 6.45) is -0.0148. The highest BCUT2D eigenvalue weighted by Crippen LogP contribution is 2.27. The predicted molar refractivity (Wildman–Crippen MR) is 107 cm³/mol. The number of ether oxygens (including phenoxy) is 3. The predicted octanol–water partition coefficient (Wildman–Crippen LogP) is 3.90. The number of hydrogen-bond donors (Lipinski definition) is 0. The Hall–Kier alpha value is -2.35. The van der Waals surface area contributed by atoms with Crippen LogP contribution >= 0.6 is 0 Å². The van der Waals surface area contributed by atoms with E-state index in [1.54, 1.807) is 53.8 Å². The molecule has 0 aromatic carbocycles. The summed E-state index contributed by atoms with van der Waals surface area (Å²) < 4.78 is 16.2. The molecule has 1 fully saturated rings. The summed E-state index contributed by atoms with van der Waals surface area (Å²) in [5.74, 6) is 0.163. The number of hydrogen-bond acceptors (Lipinski definition) is 7. The molecular formula is C20H31N3O5. The van der Waals surface area contributed by atoms with Crippen LogP contribution in [0.5, 0.6) is 0 Å². The zero-order valence-electron chi connectivity index (χ0n) is 17.9. The molecule has 2 amide bonds. The molecule has 1 aromatic rings. The van der Waals surface area contributed by atoms with Gasteiger partial charge < -0.3 is 19.1 Å². The molecule has 2 rings (SSSR count). The largest absolute Gasteiger partial charge is 0.443 e. The standard InChI is InChI=1S/C20H31N3O5/c1-14-13-21-16(12-15(14)22-8-10-26-11-9-22)23(17(24)27-19(2,3)4)18(25)28-20(5,6)7/h12-13H,8-11H2,1-7H3. The number of pyridine rings is 1. The molecule has 156 valence electrons. The fraction of sp³-hybridized carbons (Fsp3) is 0.650. The van der Waals surface area contributed by atoms with Crippen LogP contribution in [0.15, 0.2) is 12.3 Å². The number of imide groups is 1. The van der Waals surface area contributed by atoms with Crippen LogP contribution in [0.2, 0.25) is 0 Å². The molecule has 28 heavy (non-hydrogen) atoms. The first-order valence-electron chi connectivity index (χ1n) is 9.43. The molecule has 0 aliphatic carbocycles. The zero-order chi connectivity index (χ0) is 21.1. The number of morpholine rings is 1. The lowest BCUT2D eigenvalue weighted by Gasteiger charge is -2.31. The summed E-state index contributed by atoms with van der Waals surface area (Å²) in [7, 11) is 0. The fourth-order valence-electron chi connectivity index (χ4n) is 2.65. The third-order valence-corrected chi connectivity index (χ3v) is 3.79. The third-order valence-electron chi connectivity index (χ3n) is 3.79. The van der Waals surface area contributed by atoms with Crippen LogP contribution in [0, 0.1) is 6.92 Å². The Labute approximate surface area is 166 Å². The van der Waals surface area contributed by atoms with Gasteiger partial charge in [0.25, 0.3) is 0 Å². The van der Waals surface area contributed by atoms with Crippen molar-refractivity contribution in [1.29, 1.82) is 0 Å². The highest BCUT2D eigenvalue weighted by molar-refractivity contribution is 6.09. The van der Waals surface area contributed by atoms with Gasteiger partial charge in [0.05, 0.1) is 13.2 Å². The van der Waals surface area contributed by atoms with Gasteiger partial charge in [-0.05, 0) is 54.0 Å². The summed E-state index contributed by atoms with van der Waals surface area (Å²) in [5.41, 5.74) is 0.300. The third kappa shape index (κ3) is 6.09. The molecule has 0 bridgehead atoms. The topological polar surface area (TPSA) is 81.2 Å². The summed E-state index contributed by atoms with van der Waals surface area (Å²) in [6.45, 7) is 15.1. The molecule has 0 saturated carbocycles. The minimum Gasteiger partial charge on any atom is -0.443 e. The molecule has 8 heteroatoms. The summed E-state index contributed by atoms with van der Waals surface area (Å²) in [5, 5.41) is 0. The quantitative estimate of drug-likeness (QED) is 0.753. The second-order valence-electron chi connectivity index (χ2n) is 8.72. The normalized spacial score (nSPS) is 15.2. The van der Waals surface area contributed by atoms with Crippen LogP contribution in [-0.2, 0) is 14.2 Å². The maximum Gasteiger partial charge on any atom is 0.425 e. The summed E-state index contributed by atoms with van der Waals surface area (Å²) in [4.78, 5) is 32.9. The monoisotopic (exact) mass is 393 g/mol. The molecule has 1 aliphatic heterocycles. The van der Waals surface area contributed by atoms with Crippen molar-refractivity contribution in [2.24, 2.45) is 0 Å². The Kier molecular flexibility index (Phi) is 6.54. The summed E-state index contributed by atoms with van der Waals surface area (Å²) in [6, 6.07) is 1.72.